The molecular formula is C16H11N2O6S2-. The van der Waals surface area contributed by atoms with Crippen molar-refractivity contribution in [1.82, 2.24) is 4.98 Å². The first-order chi connectivity index (χ1) is 12.4. The van der Waals surface area contributed by atoms with Crippen LogP contribution in [0.4, 0.5) is 5.00 Å². The van der Waals surface area contributed by atoms with Crippen molar-refractivity contribution in [2.24, 2.45) is 0 Å². The lowest BCUT2D eigenvalue weighted by molar-refractivity contribution is -0.255. The molecule has 0 unspecified atom stereocenters. The second kappa shape index (κ2) is 7.26. The minimum absolute atomic E-state index is 0.0971. The normalized spacial score (nSPS) is 16.8. The van der Waals surface area contributed by atoms with Gasteiger partial charge in [0.2, 0.25) is 11.8 Å². The van der Waals surface area contributed by atoms with Crippen molar-refractivity contribution in [2.45, 2.75) is 16.7 Å². The van der Waals surface area contributed by atoms with Crippen LogP contribution in [0.15, 0.2) is 34.8 Å². The van der Waals surface area contributed by atoms with E-state index in [4.69, 9.17) is 0 Å². The summed E-state index contributed by atoms with van der Waals surface area (Å²) in [7, 11) is 1.21. The fraction of sp³-hybridized carbons (Fsp3) is 0.188. The number of rotatable bonds is 5. The van der Waals surface area contributed by atoms with Crippen LogP contribution in [0.5, 0.6) is 0 Å². The summed E-state index contributed by atoms with van der Waals surface area (Å²) in [4.78, 5) is 52.9. The number of pyridine rings is 1. The topological polar surface area (TPSA) is 117 Å². The Morgan fingerprint density at radius 3 is 2.81 bits per heavy atom. The third-order valence-electron chi connectivity index (χ3n) is 3.60. The number of imide groups is 1. The number of nitrogens with zero attached hydrogens (tertiary/aromatic N) is 2. The molecule has 2 amide bonds. The lowest BCUT2D eigenvalue weighted by Gasteiger charge is -2.15. The van der Waals surface area contributed by atoms with E-state index in [-0.39, 0.29) is 27.6 Å². The third kappa shape index (κ3) is 3.20. The molecule has 2 aromatic heterocycles. The van der Waals surface area contributed by atoms with Gasteiger partial charge in [-0.05, 0) is 23.6 Å². The van der Waals surface area contributed by atoms with Gasteiger partial charge >= 0.3 is 5.97 Å². The number of methoxy groups -OCH3 is 1. The predicted octanol–water partition coefficient (Wildman–Crippen LogP) is 0.717. The molecule has 0 spiro atoms. The van der Waals surface area contributed by atoms with Crippen molar-refractivity contribution in [3.8, 4) is 0 Å². The number of carbonyl (C=O) groups is 4. The van der Waals surface area contributed by atoms with Crippen LogP contribution in [0.25, 0.3) is 0 Å². The molecular weight excluding hydrogens is 380 g/mol. The van der Waals surface area contributed by atoms with Crippen LogP contribution >= 0.6 is 23.1 Å². The second-order valence-corrected chi connectivity index (χ2v) is 7.24. The maximum absolute atomic E-state index is 12.7. The van der Waals surface area contributed by atoms with Gasteiger partial charge in [-0.25, -0.2) is 14.7 Å². The van der Waals surface area contributed by atoms with Crippen LogP contribution in [0.3, 0.4) is 0 Å². The molecule has 1 fully saturated rings. The summed E-state index contributed by atoms with van der Waals surface area (Å²) in [5, 5.41) is 12.2. The first-order valence-corrected chi connectivity index (χ1v) is 9.05. The van der Waals surface area contributed by atoms with Crippen molar-refractivity contribution in [2.75, 3.05) is 12.0 Å². The SMILES string of the molecule is COC(=O)c1ccsc1N1C(=O)C[C@@H](Sc2ncccc2C(=O)[O-])C1=O. The zero-order chi connectivity index (χ0) is 18.8. The number of anilines is 1. The number of carbonyl (C=O) groups excluding carboxylic acids is 4. The quantitative estimate of drug-likeness (QED) is 0.541. The molecule has 8 nitrogen and oxygen atoms in total. The van der Waals surface area contributed by atoms with E-state index in [9.17, 15) is 24.3 Å². The number of aromatic nitrogens is 1. The molecule has 0 N–H and O–H groups in total. The number of carboxylic acids is 1. The highest BCUT2D eigenvalue weighted by Gasteiger charge is 2.42. The van der Waals surface area contributed by atoms with Gasteiger partial charge in [-0.1, -0.05) is 11.8 Å². The Kier molecular flexibility index (Phi) is 5.05. The number of aromatic carboxylic acids is 1. The van der Waals surface area contributed by atoms with Gasteiger partial charge in [0.25, 0.3) is 0 Å². The Balaban J connectivity index is 1.88. The molecule has 3 heterocycles. The molecule has 1 aliphatic rings. The van der Waals surface area contributed by atoms with E-state index < -0.39 is 29.0 Å². The Bertz CT molecular complexity index is 910. The smallest absolute Gasteiger partial charge is 0.340 e. The average Bonchev–Trinajstić information content (AvgIpc) is 3.19. The Morgan fingerprint density at radius 2 is 2.12 bits per heavy atom. The number of hydrogen-bond donors (Lipinski definition) is 0. The fourth-order valence-electron chi connectivity index (χ4n) is 2.42. The molecule has 1 saturated heterocycles. The average molecular weight is 391 g/mol. The van der Waals surface area contributed by atoms with Crippen LogP contribution in [0.1, 0.15) is 27.1 Å². The molecule has 0 aliphatic carbocycles. The van der Waals surface area contributed by atoms with E-state index in [1.807, 2.05) is 0 Å². The van der Waals surface area contributed by atoms with Gasteiger partial charge in [0.15, 0.2) is 0 Å². The van der Waals surface area contributed by atoms with Crippen molar-refractivity contribution < 1.29 is 29.0 Å². The Labute approximate surface area is 155 Å². The van der Waals surface area contributed by atoms with Crippen molar-refractivity contribution in [1.29, 1.82) is 0 Å². The van der Waals surface area contributed by atoms with Crippen LogP contribution < -0.4 is 10.0 Å². The molecule has 0 radical (unpaired) electrons. The molecule has 1 aliphatic heterocycles. The number of esters is 1. The number of amides is 2. The second-order valence-electron chi connectivity index (χ2n) is 5.15. The van der Waals surface area contributed by atoms with Gasteiger partial charge in [0.05, 0.1) is 23.9 Å². The maximum atomic E-state index is 12.7. The monoisotopic (exact) mass is 391 g/mol. The van der Waals surface area contributed by atoms with Crippen LogP contribution in [-0.2, 0) is 14.3 Å². The lowest BCUT2D eigenvalue weighted by Crippen LogP contribution is -2.31. The minimum atomic E-state index is -1.42. The van der Waals surface area contributed by atoms with Gasteiger partial charge in [-0.2, -0.15) is 0 Å². The summed E-state index contributed by atoms with van der Waals surface area (Å²) in [6, 6.07) is 4.23. The van der Waals surface area contributed by atoms with Crippen molar-refractivity contribution in [3.63, 3.8) is 0 Å². The Morgan fingerprint density at radius 1 is 1.35 bits per heavy atom. The highest BCUT2D eigenvalue weighted by Crippen LogP contribution is 2.38. The van der Waals surface area contributed by atoms with Gasteiger partial charge in [0, 0.05) is 18.2 Å². The minimum Gasteiger partial charge on any atom is -0.545 e. The van der Waals surface area contributed by atoms with E-state index in [0.717, 1.165) is 28.0 Å². The largest absolute Gasteiger partial charge is 0.545 e. The fourth-order valence-corrected chi connectivity index (χ4v) is 4.43. The van der Waals surface area contributed by atoms with E-state index in [1.54, 1.807) is 5.38 Å². The molecule has 134 valence electrons. The zero-order valence-electron chi connectivity index (χ0n) is 13.3. The number of thioether (sulfide) groups is 1. The van der Waals surface area contributed by atoms with E-state index >= 15 is 0 Å². The van der Waals surface area contributed by atoms with Crippen LogP contribution in [0, 0.1) is 0 Å². The van der Waals surface area contributed by atoms with Crippen LogP contribution in [0.2, 0.25) is 0 Å². The van der Waals surface area contributed by atoms with Crippen molar-refractivity contribution in [3.05, 3.63) is 40.9 Å². The molecule has 2 aromatic rings. The van der Waals surface area contributed by atoms with Crippen molar-refractivity contribution >= 4 is 51.9 Å². The van der Waals surface area contributed by atoms with Gasteiger partial charge in [-0.15, -0.1) is 11.3 Å². The van der Waals surface area contributed by atoms with Gasteiger partial charge in [-0.3, -0.25) is 9.59 Å². The standard InChI is InChI=1S/C16H12N2O6S2/c1-24-16(23)9-4-6-25-14(9)18-11(19)7-10(13(18)20)26-12-8(15(21)22)3-2-5-17-12/h2-6,10H,7H2,1H3,(H,21,22)/p-1/t10-/m1/s1. The number of hydrogen-bond acceptors (Lipinski definition) is 9. The highest BCUT2D eigenvalue weighted by atomic mass is 32.2. The first kappa shape index (κ1) is 18.1. The summed E-state index contributed by atoms with van der Waals surface area (Å²) in [6.45, 7) is 0. The van der Waals surface area contributed by atoms with E-state index in [1.165, 1.54) is 31.5 Å². The summed E-state index contributed by atoms with van der Waals surface area (Å²) in [6.07, 6.45) is 1.26. The molecule has 0 bridgehead atoms. The van der Waals surface area contributed by atoms with E-state index in [0.29, 0.717) is 0 Å². The van der Waals surface area contributed by atoms with Crippen LogP contribution in [-0.4, -0.2) is 41.1 Å². The van der Waals surface area contributed by atoms with E-state index in [2.05, 4.69) is 9.72 Å². The summed E-state index contributed by atoms with van der Waals surface area (Å²) in [5.74, 6) is -3.09. The lowest BCUT2D eigenvalue weighted by atomic mass is 10.3. The number of carboxylic acid groups (broad SMARTS) is 1. The highest BCUT2D eigenvalue weighted by molar-refractivity contribution is 8.00. The Hall–Kier alpha value is -2.72. The first-order valence-electron chi connectivity index (χ1n) is 7.29. The number of ether oxygens (including phenoxy) is 1. The predicted molar refractivity (Wildman–Crippen MR) is 91.0 cm³/mol. The molecule has 1 atom stereocenters. The summed E-state index contributed by atoms with van der Waals surface area (Å²) in [5.41, 5.74) is -0.0271. The molecule has 3 rings (SSSR count). The van der Waals surface area contributed by atoms with Gasteiger partial charge in [0.1, 0.15) is 10.0 Å². The molecule has 10 heteroatoms. The molecule has 26 heavy (non-hydrogen) atoms. The summed E-state index contributed by atoms with van der Waals surface area (Å²) >= 11 is 1.95. The molecule has 0 saturated carbocycles. The third-order valence-corrected chi connectivity index (χ3v) is 5.70. The zero-order valence-corrected chi connectivity index (χ0v) is 15.0. The summed E-state index contributed by atoms with van der Waals surface area (Å²) < 4.78 is 4.66. The number of thiophene rings is 1. The molecule has 0 aromatic carbocycles. The van der Waals surface area contributed by atoms with Gasteiger partial charge < -0.3 is 14.6 Å². The maximum Gasteiger partial charge on any atom is 0.340 e.